The van der Waals surface area contributed by atoms with Crippen molar-refractivity contribution in [2.75, 3.05) is 27.4 Å². The highest BCUT2D eigenvalue weighted by atomic mass is 16.5. The van der Waals surface area contributed by atoms with Crippen LogP contribution in [-0.4, -0.2) is 33.3 Å². The van der Waals surface area contributed by atoms with Crippen molar-refractivity contribution >= 4 is 5.97 Å². The molecule has 0 fully saturated rings. The molecule has 1 N–H and O–H groups in total. The third-order valence-corrected chi connectivity index (χ3v) is 2.66. The van der Waals surface area contributed by atoms with Gasteiger partial charge in [-0.15, -0.1) is 0 Å². The van der Waals surface area contributed by atoms with E-state index in [4.69, 9.17) is 4.74 Å². The number of benzene rings is 1. The first-order valence-electron chi connectivity index (χ1n) is 6.15. The van der Waals surface area contributed by atoms with Crippen molar-refractivity contribution in [3.63, 3.8) is 0 Å². The molecular weight excluding hydrogens is 230 g/mol. The maximum atomic E-state index is 11.2. The summed E-state index contributed by atoms with van der Waals surface area (Å²) in [4.78, 5) is 11.2. The van der Waals surface area contributed by atoms with E-state index < -0.39 is 0 Å². The van der Waals surface area contributed by atoms with Crippen LogP contribution in [0, 0.1) is 0 Å². The van der Waals surface area contributed by atoms with E-state index in [-0.39, 0.29) is 5.97 Å². The number of methoxy groups -OCH3 is 2. The Morgan fingerprint density at radius 3 is 2.50 bits per heavy atom. The molecule has 0 heterocycles. The van der Waals surface area contributed by atoms with Crippen LogP contribution >= 0.6 is 0 Å². The molecule has 18 heavy (non-hydrogen) atoms. The second-order valence-corrected chi connectivity index (χ2v) is 4.07. The zero-order valence-corrected chi connectivity index (χ0v) is 11.1. The third-order valence-electron chi connectivity index (χ3n) is 2.66. The Kier molecular flexibility index (Phi) is 7.06. The van der Waals surface area contributed by atoms with Gasteiger partial charge in [-0.3, -0.25) is 0 Å². The summed E-state index contributed by atoms with van der Waals surface area (Å²) in [6.07, 6.45) is 2.18. The Hall–Kier alpha value is -1.39. The number of nitrogens with one attached hydrogen (secondary N) is 1. The van der Waals surface area contributed by atoms with Crippen LogP contribution in [0.4, 0.5) is 0 Å². The van der Waals surface area contributed by atoms with Gasteiger partial charge in [-0.1, -0.05) is 12.1 Å². The summed E-state index contributed by atoms with van der Waals surface area (Å²) in [5, 5.41) is 3.35. The quantitative estimate of drug-likeness (QED) is 0.567. The molecule has 0 saturated heterocycles. The summed E-state index contributed by atoms with van der Waals surface area (Å²) in [7, 11) is 3.11. The molecule has 0 saturated carbocycles. The summed E-state index contributed by atoms with van der Waals surface area (Å²) >= 11 is 0. The van der Waals surface area contributed by atoms with Gasteiger partial charge in [-0.25, -0.2) is 4.79 Å². The fourth-order valence-corrected chi connectivity index (χ4v) is 1.61. The normalized spacial score (nSPS) is 10.3. The first kappa shape index (κ1) is 14.7. The Balaban J connectivity index is 2.25. The lowest BCUT2D eigenvalue weighted by Gasteiger charge is -2.05. The topological polar surface area (TPSA) is 47.6 Å². The molecule has 0 spiro atoms. The van der Waals surface area contributed by atoms with E-state index in [1.54, 1.807) is 19.2 Å². The number of hydrogen-bond acceptors (Lipinski definition) is 4. The van der Waals surface area contributed by atoms with E-state index in [0.717, 1.165) is 38.1 Å². The number of hydrogen-bond donors (Lipinski definition) is 1. The summed E-state index contributed by atoms with van der Waals surface area (Å²) in [5.41, 5.74) is 1.75. The highest BCUT2D eigenvalue weighted by molar-refractivity contribution is 5.89. The van der Waals surface area contributed by atoms with Gasteiger partial charge >= 0.3 is 5.97 Å². The van der Waals surface area contributed by atoms with E-state index in [9.17, 15) is 4.79 Å². The van der Waals surface area contributed by atoms with Gasteiger partial charge in [-0.05, 0) is 37.1 Å². The molecule has 1 aromatic rings. The van der Waals surface area contributed by atoms with Gasteiger partial charge < -0.3 is 14.8 Å². The monoisotopic (exact) mass is 251 g/mol. The Bertz CT molecular complexity index is 349. The summed E-state index contributed by atoms with van der Waals surface area (Å²) in [6.45, 7) is 2.60. The largest absolute Gasteiger partial charge is 0.465 e. The molecule has 0 aliphatic rings. The maximum Gasteiger partial charge on any atom is 0.337 e. The predicted molar refractivity (Wildman–Crippen MR) is 70.6 cm³/mol. The molecule has 0 radical (unpaired) electrons. The SMILES string of the molecule is COCCCCNCc1ccc(C(=O)OC)cc1. The van der Waals surface area contributed by atoms with Crippen LogP contribution in [0.25, 0.3) is 0 Å². The molecule has 0 bridgehead atoms. The zero-order chi connectivity index (χ0) is 13.2. The third kappa shape index (κ3) is 5.29. The minimum atomic E-state index is -0.297. The van der Waals surface area contributed by atoms with Crippen molar-refractivity contribution < 1.29 is 14.3 Å². The lowest BCUT2D eigenvalue weighted by atomic mass is 10.1. The van der Waals surface area contributed by atoms with Gasteiger partial charge in [0.2, 0.25) is 0 Å². The van der Waals surface area contributed by atoms with Crippen molar-refractivity contribution in [1.29, 1.82) is 0 Å². The van der Waals surface area contributed by atoms with Crippen molar-refractivity contribution in [3.05, 3.63) is 35.4 Å². The fourth-order valence-electron chi connectivity index (χ4n) is 1.61. The van der Waals surface area contributed by atoms with Gasteiger partial charge in [0.05, 0.1) is 12.7 Å². The van der Waals surface area contributed by atoms with Crippen LogP contribution in [0.5, 0.6) is 0 Å². The molecule has 4 heteroatoms. The number of unbranched alkanes of at least 4 members (excludes halogenated alkanes) is 1. The van der Waals surface area contributed by atoms with E-state index >= 15 is 0 Å². The van der Waals surface area contributed by atoms with Crippen LogP contribution in [0.1, 0.15) is 28.8 Å². The Morgan fingerprint density at radius 1 is 1.17 bits per heavy atom. The molecule has 0 aliphatic carbocycles. The summed E-state index contributed by atoms with van der Waals surface area (Å²) in [6, 6.07) is 7.45. The van der Waals surface area contributed by atoms with Gasteiger partial charge in [0, 0.05) is 20.3 Å². The molecule has 0 aliphatic heterocycles. The summed E-state index contributed by atoms with van der Waals surface area (Å²) < 4.78 is 9.63. The molecular formula is C14H21NO3. The highest BCUT2D eigenvalue weighted by Gasteiger charge is 2.03. The van der Waals surface area contributed by atoms with Crippen LogP contribution in [0.2, 0.25) is 0 Å². The Labute approximate surface area is 108 Å². The summed E-state index contributed by atoms with van der Waals surface area (Å²) in [5.74, 6) is -0.297. The predicted octanol–water partition coefficient (Wildman–Crippen LogP) is 1.99. The van der Waals surface area contributed by atoms with Gasteiger partial charge in [0.1, 0.15) is 0 Å². The average Bonchev–Trinajstić information content (AvgIpc) is 2.42. The standard InChI is InChI=1S/C14H21NO3/c1-17-10-4-3-9-15-11-12-5-7-13(8-6-12)14(16)18-2/h5-8,15H,3-4,9-11H2,1-2H3. The minimum Gasteiger partial charge on any atom is -0.465 e. The van der Waals surface area contributed by atoms with Crippen LogP contribution in [-0.2, 0) is 16.0 Å². The maximum absolute atomic E-state index is 11.2. The molecule has 100 valence electrons. The van der Waals surface area contributed by atoms with Crippen LogP contribution < -0.4 is 5.32 Å². The number of ether oxygens (including phenoxy) is 2. The van der Waals surface area contributed by atoms with Crippen molar-refractivity contribution in [2.24, 2.45) is 0 Å². The Morgan fingerprint density at radius 2 is 1.89 bits per heavy atom. The highest BCUT2D eigenvalue weighted by Crippen LogP contribution is 2.05. The molecule has 4 nitrogen and oxygen atoms in total. The first-order valence-corrected chi connectivity index (χ1v) is 6.15. The fraction of sp³-hybridized carbons (Fsp3) is 0.500. The van der Waals surface area contributed by atoms with Crippen LogP contribution in [0.15, 0.2) is 24.3 Å². The van der Waals surface area contributed by atoms with Crippen LogP contribution in [0.3, 0.4) is 0 Å². The minimum absolute atomic E-state index is 0.297. The van der Waals surface area contributed by atoms with Gasteiger partial charge in [-0.2, -0.15) is 0 Å². The second-order valence-electron chi connectivity index (χ2n) is 4.07. The van der Waals surface area contributed by atoms with E-state index in [0.29, 0.717) is 5.56 Å². The van der Waals surface area contributed by atoms with E-state index in [2.05, 4.69) is 10.1 Å². The lowest BCUT2D eigenvalue weighted by Crippen LogP contribution is -2.15. The zero-order valence-electron chi connectivity index (χ0n) is 11.1. The number of rotatable bonds is 8. The van der Waals surface area contributed by atoms with Crippen molar-refractivity contribution in [2.45, 2.75) is 19.4 Å². The molecule has 1 rings (SSSR count). The molecule has 0 amide bonds. The van der Waals surface area contributed by atoms with Crippen molar-refractivity contribution in [3.8, 4) is 0 Å². The first-order chi connectivity index (χ1) is 8.77. The van der Waals surface area contributed by atoms with Gasteiger partial charge in [0.15, 0.2) is 0 Å². The molecule has 1 aromatic carbocycles. The average molecular weight is 251 g/mol. The number of esters is 1. The number of carbonyl (C=O) groups is 1. The van der Waals surface area contributed by atoms with Crippen molar-refractivity contribution in [1.82, 2.24) is 5.32 Å². The smallest absolute Gasteiger partial charge is 0.337 e. The lowest BCUT2D eigenvalue weighted by molar-refractivity contribution is 0.0600. The molecule has 0 unspecified atom stereocenters. The van der Waals surface area contributed by atoms with Gasteiger partial charge in [0.25, 0.3) is 0 Å². The molecule has 0 aromatic heterocycles. The molecule has 0 atom stereocenters. The number of carbonyl (C=O) groups excluding carboxylic acids is 1. The van der Waals surface area contributed by atoms with E-state index in [1.807, 2.05) is 12.1 Å². The second kappa shape index (κ2) is 8.66. The van der Waals surface area contributed by atoms with E-state index in [1.165, 1.54) is 7.11 Å².